The maximum atomic E-state index is 11.2. The van der Waals surface area contributed by atoms with Gasteiger partial charge < -0.3 is 5.11 Å². The first-order valence-electron chi connectivity index (χ1n) is 5.77. The summed E-state index contributed by atoms with van der Waals surface area (Å²) in [6.07, 6.45) is 0.714. The van der Waals surface area contributed by atoms with Crippen LogP contribution in [0, 0.1) is 5.92 Å². The monoisotopic (exact) mass is 215 g/mol. The van der Waals surface area contributed by atoms with E-state index in [4.69, 9.17) is 0 Å². The molecular weight excluding hydrogens is 190 g/mol. The molecule has 0 aromatic rings. The Hall–Kier alpha value is -0.570. The lowest BCUT2D eigenvalue weighted by molar-refractivity contribution is -0.145. The number of carboxylic acid groups (broad SMARTS) is 1. The highest BCUT2D eigenvalue weighted by Crippen LogP contribution is 2.17. The van der Waals surface area contributed by atoms with Gasteiger partial charge in [0, 0.05) is 12.1 Å². The molecule has 1 N–H and O–H groups in total. The second-order valence-corrected chi connectivity index (χ2v) is 5.12. The van der Waals surface area contributed by atoms with Crippen molar-refractivity contribution in [1.29, 1.82) is 0 Å². The zero-order valence-corrected chi connectivity index (χ0v) is 10.8. The summed E-state index contributed by atoms with van der Waals surface area (Å²) in [6.45, 7) is 12.3. The molecule has 15 heavy (non-hydrogen) atoms. The van der Waals surface area contributed by atoms with Crippen LogP contribution in [-0.2, 0) is 4.79 Å². The average Bonchev–Trinajstić information content (AvgIpc) is 2.00. The van der Waals surface area contributed by atoms with Crippen molar-refractivity contribution in [1.82, 2.24) is 4.90 Å². The molecule has 0 aromatic carbocycles. The molecule has 3 heteroatoms. The molecule has 3 nitrogen and oxygen atoms in total. The second kappa shape index (κ2) is 6.11. The van der Waals surface area contributed by atoms with E-state index >= 15 is 0 Å². The molecular formula is C12H25NO2. The summed E-state index contributed by atoms with van der Waals surface area (Å²) in [6, 6.07) is 0.180. The van der Waals surface area contributed by atoms with Gasteiger partial charge in [0.15, 0.2) is 0 Å². The summed E-state index contributed by atoms with van der Waals surface area (Å²) >= 11 is 0. The van der Waals surface area contributed by atoms with Crippen LogP contribution in [-0.4, -0.2) is 34.1 Å². The molecule has 0 radical (unpaired) electrons. The third-order valence-electron chi connectivity index (χ3n) is 2.53. The Morgan fingerprint density at radius 1 is 1.07 bits per heavy atom. The largest absolute Gasteiger partial charge is 0.480 e. The van der Waals surface area contributed by atoms with Crippen LogP contribution in [0.5, 0.6) is 0 Å². The van der Waals surface area contributed by atoms with E-state index in [9.17, 15) is 9.90 Å². The van der Waals surface area contributed by atoms with Crippen LogP contribution in [0.3, 0.4) is 0 Å². The quantitative estimate of drug-likeness (QED) is 0.740. The maximum absolute atomic E-state index is 11.2. The van der Waals surface area contributed by atoms with Crippen molar-refractivity contribution < 1.29 is 9.90 Å². The molecule has 0 saturated carbocycles. The average molecular weight is 215 g/mol. The molecule has 0 heterocycles. The first-order valence-corrected chi connectivity index (χ1v) is 5.77. The van der Waals surface area contributed by atoms with Crippen molar-refractivity contribution in [3.8, 4) is 0 Å². The minimum absolute atomic E-state index is 0.268. The van der Waals surface area contributed by atoms with Crippen LogP contribution >= 0.6 is 0 Å². The van der Waals surface area contributed by atoms with Crippen molar-refractivity contribution >= 4 is 5.97 Å². The summed E-state index contributed by atoms with van der Waals surface area (Å²) in [5.41, 5.74) is 0. The van der Waals surface area contributed by atoms with Crippen LogP contribution < -0.4 is 0 Å². The van der Waals surface area contributed by atoms with E-state index in [2.05, 4.69) is 46.4 Å². The SMILES string of the molecule is CC(C)CC(C(=O)O)N(C(C)C)C(C)C. The Labute approximate surface area is 93.5 Å². The number of hydrogen-bond acceptors (Lipinski definition) is 2. The van der Waals surface area contributed by atoms with Gasteiger partial charge in [0.05, 0.1) is 0 Å². The molecule has 0 saturated heterocycles. The number of nitrogens with zero attached hydrogens (tertiary/aromatic N) is 1. The summed E-state index contributed by atoms with van der Waals surface area (Å²) < 4.78 is 0. The van der Waals surface area contributed by atoms with E-state index in [1.807, 2.05) is 0 Å². The van der Waals surface area contributed by atoms with E-state index in [1.165, 1.54) is 0 Å². The van der Waals surface area contributed by atoms with Gasteiger partial charge in [0.2, 0.25) is 0 Å². The van der Waals surface area contributed by atoms with E-state index < -0.39 is 5.97 Å². The molecule has 0 rings (SSSR count). The third kappa shape index (κ3) is 4.65. The normalized spacial score (nSPS) is 14.3. The van der Waals surface area contributed by atoms with Crippen LogP contribution in [0.4, 0.5) is 0 Å². The Kier molecular flexibility index (Phi) is 5.88. The fourth-order valence-electron chi connectivity index (χ4n) is 2.11. The Balaban J connectivity index is 4.76. The fourth-order valence-corrected chi connectivity index (χ4v) is 2.11. The molecule has 0 aliphatic carbocycles. The lowest BCUT2D eigenvalue weighted by atomic mass is 10.00. The van der Waals surface area contributed by atoms with Gasteiger partial charge in [-0.2, -0.15) is 0 Å². The molecule has 0 aliphatic heterocycles. The van der Waals surface area contributed by atoms with Gasteiger partial charge >= 0.3 is 5.97 Å². The predicted molar refractivity (Wildman–Crippen MR) is 63.0 cm³/mol. The van der Waals surface area contributed by atoms with Crippen molar-refractivity contribution in [2.75, 3.05) is 0 Å². The number of rotatable bonds is 6. The standard InChI is InChI=1S/C12H25NO2/c1-8(2)7-11(12(14)15)13(9(3)4)10(5)6/h8-11H,7H2,1-6H3,(H,14,15). The Morgan fingerprint density at radius 2 is 1.47 bits per heavy atom. The Bertz CT molecular complexity index is 192. The third-order valence-corrected chi connectivity index (χ3v) is 2.53. The van der Waals surface area contributed by atoms with Crippen LogP contribution in [0.1, 0.15) is 48.0 Å². The Morgan fingerprint density at radius 3 is 1.67 bits per heavy atom. The number of carboxylic acids is 1. The maximum Gasteiger partial charge on any atom is 0.320 e. The minimum atomic E-state index is -0.703. The molecule has 0 aromatic heterocycles. The topological polar surface area (TPSA) is 40.5 Å². The lowest BCUT2D eigenvalue weighted by Crippen LogP contribution is -2.49. The van der Waals surface area contributed by atoms with Crippen LogP contribution in [0.15, 0.2) is 0 Å². The van der Waals surface area contributed by atoms with Gasteiger partial charge in [-0.1, -0.05) is 13.8 Å². The number of hydrogen-bond donors (Lipinski definition) is 1. The van der Waals surface area contributed by atoms with E-state index in [-0.39, 0.29) is 18.1 Å². The summed E-state index contributed by atoms with van der Waals surface area (Å²) in [5, 5.41) is 9.25. The number of carbonyl (C=O) groups is 1. The van der Waals surface area contributed by atoms with Gasteiger partial charge in [-0.15, -0.1) is 0 Å². The van der Waals surface area contributed by atoms with Gasteiger partial charge in [-0.05, 0) is 40.0 Å². The van der Waals surface area contributed by atoms with Crippen molar-refractivity contribution in [3.63, 3.8) is 0 Å². The summed E-state index contributed by atoms with van der Waals surface area (Å²) in [7, 11) is 0. The smallest absolute Gasteiger partial charge is 0.320 e. The highest BCUT2D eigenvalue weighted by atomic mass is 16.4. The molecule has 90 valence electrons. The zero-order valence-electron chi connectivity index (χ0n) is 10.8. The van der Waals surface area contributed by atoms with Crippen molar-refractivity contribution in [2.45, 2.75) is 66.1 Å². The zero-order chi connectivity index (χ0) is 12.2. The fraction of sp³-hybridized carbons (Fsp3) is 0.917. The molecule has 0 aliphatic rings. The highest BCUT2D eigenvalue weighted by molar-refractivity contribution is 5.73. The first-order chi connectivity index (χ1) is 6.77. The van der Waals surface area contributed by atoms with Crippen LogP contribution in [0.2, 0.25) is 0 Å². The van der Waals surface area contributed by atoms with Gasteiger partial charge in [0.25, 0.3) is 0 Å². The summed E-state index contributed by atoms with van der Waals surface area (Å²) in [4.78, 5) is 13.3. The highest BCUT2D eigenvalue weighted by Gasteiger charge is 2.29. The van der Waals surface area contributed by atoms with Gasteiger partial charge in [-0.3, -0.25) is 9.69 Å². The lowest BCUT2D eigenvalue weighted by Gasteiger charge is -2.36. The minimum Gasteiger partial charge on any atom is -0.480 e. The van der Waals surface area contributed by atoms with Crippen molar-refractivity contribution in [3.05, 3.63) is 0 Å². The summed E-state index contributed by atoms with van der Waals surface area (Å²) in [5.74, 6) is -0.294. The molecule has 1 atom stereocenters. The predicted octanol–water partition coefficient (Wildman–Crippen LogP) is 2.60. The molecule has 1 unspecified atom stereocenters. The molecule has 0 amide bonds. The van der Waals surface area contributed by atoms with E-state index in [1.54, 1.807) is 0 Å². The first kappa shape index (κ1) is 14.4. The van der Waals surface area contributed by atoms with E-state index in [0.29, 0.717) is 12.3 Å². The van der Waals surface area contributed by atoms with Gasteiger partial charge in [0.1, 0.15) is 6.04 Å². The van der Waals surface area contributed by atoms with Gasteiger partial charge in [-0.25, -0.2) is 0 Å². The molecule has 0 fully saturated rings. The van der Waals surface area contributed by atoms with Crippen molar-refractivity contribution in [2.24, 2.45) is 5.92 Å². The molecule has 0 bridgehead atoms. The second-order valence-electron chi connectivity index (χ2n) is 5.12. The van der Waals surface area contributed by atoms with E-state index in [0.717, 1.165) is 0 Å². The number of aliphatic carboxylic acids is 1. The van der Waals surface area contributed by atoms with Crippen LogP contribution in [0.25, 0.3) is 0 Å². The molecule has 0 spiro atoms.